The molecule has 590 valence electrons. The molecule has 0 atom stereocenters. The molecule has 4 aromatic heterocycles. The summed E-state index contributed by atoms with van der Waals surface area (Å²) in [7, 11) is 0. The maximum Gasteiger partial charge on any atom is 0.104 e. The fourth-order valence-electron chi connectivity index (χ4n) is 19.7. The Morgan fingerprint density at radius 3 is 0.992 bits per heavy atom. The van der Waals surface area contributed by atoms with Crippen LogP contribution in [0.25, 0.3) is 210 Å². The fraction of sp³-hybridized carbons (Fsp3) is 0.0508. The first-order valence-electron chi connectivity index (χ1n) is 42.6. The first-order chi connectivity index (χ1) is 61.7. The molecule has 0 N–H and O–H groups in total. The van der Waals surface area contributed by atoms with E-state index in [0.29, 0.717) is 39.3 Å². The summed E-state index contributed by atoms with van der Waals surface area (Å²) in [5, 5.41) is 54.3. The molecule has 0 spiro atoms. The van der Waals surface area contributed by atoms with E-state index in [1.807, 2.05) is 48.5 Å². The molecule has 4 heterocycles. The van der Waals surface area contributed by atoms with Crippen molar-refractivity contribution in [2.75, 3.05) is 0 Å². The predicted molar refractivity (Wildman–Crippen MR) is 520 cm³/mol. The van der Waals surface area contributed by atoms with Crippen LogP contribution in [-0.2, 0) is 0 Å². The number of fused-ring (bicyclic) bond motifs is 12. The average molecular weight is 1610 g/mol. The molecule has 22 aromatic rings. The van der Waals surface area contributed by atoms with E-state index in [-0.39, 0.29) is 0 Å². The Labute approximate surface area is 730 Å². The Bertz CT molecular complexity index is 8480. The van der Waals surface area contributed by atoms with E-state index in [4.69, 9.17) is 0 Å². The van der Waals surface area contributed by atoms with Crippen LogP contribution in [0, 0.1) is 86.9 Å². The molecule has 0 bridgehead atoms. The van der Waals surface area contributed by atoms with Crippen molar-refractivity contribution in [2.24, 2.45) is 0 Å². The van der Waals surface area contributed by atoms with Crippen LogP contribution in [0.15, 0.2) is 364 Å². The summed E-state index contributed by atoms with van der Waals surface area (Å²) in [6, 6.07) is 140. The van der Waals surface area contributed by atoms with Gasteiger partial charge in [-0.3, -0.25) is 0 Å². The highest BCUT2D eigenvalue weighted by molar-refractivity contribution is 6.19. The van der Waals surface area contributed by atoms with Gasteiger partial charge >= 0.3 is 0 Å². The molecule has 0 unspecified atom stereocenters. The summed E-state index contributed by atoms with van der Waals surface area (Å²) in [5.74, 6) is 0. The van der Waals surface area contributed by atoms with Gasteiger partial charge in [-0.1, -0.05) is 283 Å². The molecular weight excluding hydrogens is 1530 g/mol. The third-order valence-electron chi connectivity index (χ3n) is 25.7. The number of aromatic nitrogens is 4. The van der Waals surface area contributed by atoms with Crippen LogP contribution in [0.1, 0.15) is 55.6 Å². The van der Waals surface area contributed by atoms with Gasteiger partial charge in [-0.2, -0.15) is 21.0 Å². The summed E-state index contributed by atoms with van der Waals surface area (Å²) < 4.78 is 9.18. The van der Waals surface area contributed by atoms with E-state index >= 15 is 0 Å². The summed E-state index contributed by atoms with van der Waals surface area (Å²) in [5.41, 5.74) is 37.6. The SMILES string of the molecule is Cc1ccc(-c2ccc3c4ccccc4n(-c4c(-c5cccc(C#N)c5)ccc(-n5c6cc(-c7ccc(C)cc7)ccc6c6c(-c7ccc(-c8ccc9c(c8)c8cc(-c%10cccc(C)c%10)ccc8n9-c8c(-c9cccc(C#N)c9)ccc(-n9c%10ccc(-c%11cccc(C)c%11)cc%10c%10cc(-c%11cccc(C)c%11)ccc%109)c8C#N)cc7C)cccc65)c4C#N)c3c2)cc1. The van der Waals surface area contributed by atoms with E-state index in [1.54, 1.807) is 0 Å². The van der Waals surface area contributed by atoms with Crippen molar-refractivity contribution in [3.63, 3.8) is 0 Å². The van der Waals surface area contributed by atoms with E-state index < -0.39 is 0 Å². The number of hydrogen-bond acceptors (Lipinski definition) is 4. The van der Waals surface area contributed by atoms with Gasteiger partial charge in [0.2, 0.25) is 0 Å². The fourth-order valence-corrected chi connectivity index (χ4v) is 19.7. The number of nitriles is 4. The van der Waals surface area contributed by atoms with Crippen molar-refractivity contribution in [3.8, 4) is 147 Å². The van der Waals surface area contributed by atoms with Crippen LogP contribution in [0.4, 0.5) is 0 Å². The van der Waals surface area contributed by atoms with Crippen LogP contribution < -0.4 is 0 Å². The second-order valence-corrected chi connectivity index (χ2v) is 33.6. The quantitative estimate of drug-likeness (QED) is 0.114. The zero-order valence-corrected chi connectivity index (χ0v) is 70.2. The molecule has 8 nitrogen and oxygen atoms in total. The molecule has 0 aliphatic carbocycles. The lowest BCUT2D eigenvalue weighted by Gasteiger charge is -2.20. The molecule has 0 amide bonds. The molecule has 126 heavy (non-hydrogen) atoms. The Kier molecular flexibility index (Phi) is 18.0. The minimum atomic E-state index is 0.472. The molecule has 0 fully saturated rings. The number of para-hydroxylation sites is 1. The Morgan fingerprint density at radius 2 is 0.532 bits per heavy atom. The Balaban J connectivity index is 0.741. The summed E-state index contributed by atoms with van der Waals surface area (Å²) >= 11 is 0. The molecule has 0 aliphatic heterocycles. The third-order valence-corrected chi connectivity index (χ3v) is 25.7. The molecular formula is C118H78N8. The number of nitrogens with zero attached hydrogens (tertiary/aromatic N) is 8. The minimum absolute atomic E-state index is 0.472. The highest BCUT2D eigenvalue weighted by Crippen LogP contribution is 2.50. The van der Waals surface area contributed by atoms with Crippen LogP contribution >= 0.6 is 0 Å². The summed E-state index contributed by atoms with van der Waals surface area (Å²) in [6.45, 7) is 12.8. The lowest BCUT2D eigenvalue weighted by atomic mass is 9.92. The van der Waals surface area contributed by atoms with Crippen molar-refractivity contribution < 1.29 is 0 Å². The van der Waals surface area contributed by atoms with Crippen molar-refractivity contribution in [1.82, 2.24) is 18.3 Å². The molecule has 0 saturated heterocycles. The van der Waals surface area contributed by atoms with Gasteiger partial charge < -0.3 is 18.3 Å². The van der Waals surface area contributed by atoms with Gasteiger partial charge in [0.25, 0.3) is 0 Å². The highest BCUT2D eigenvalue weighted by Gasteiger charge is 2.30. The van der Waals surface area contributed by atoms with Gasteiger partial charge in [0.1, 0.15) is 23.3 Å². The van der Waals surface area contributed by atoms with Gasteiger partial charge in [-0.15, -0.1) is 0 Å². The third kappa shape index (κ3) is 12.5. The van der Waals surface area contributed by atoms with Crippen molar-refractivity contribution in [3.05, 3.63) is 420 Å². The van der Waals surface area contributed by atoms with Gasteiger partial charge in [0.05, 0.1) is 90.1 Å². The topological polar surface area (TPSA) is 115 Å². The number of benzene rings is 18. The second-order valence-electron chi connectivity index (χ2n) is 33.6. The largest absolute Gasteiger partial charge is 0.308 e. The average Bonchev–Trinajstić information content (AvgIpc) is 1.56. The Hall–Kier alpha value is -16.9. The van der Waals surface area contributed by atoms with Gasteiger partial charge in [-0.05, 0) is 245 Å². The lowest BCUT2D eigenvalue weighted by Crippen LogP contribution is -2.06. The number of hydrogen-bond donors (Lipinski definition) is 0. The van der Waals surface area contributed by atoms with Crippen LogP contribution in [0.3, 0.4) is 0 Å². The monoisotopic (exact) mass is 1610 g/mol. The van der Waals surface area contributed by atoms with Crippen LogP contribution in [0.5, 0.6) is 0 Å². The van der Waals surface area contributed by atoms with Gasteiger partial charge in [0, 0.05) is 54.2 Å². The summed E-state index contributed by atoms with van der Waals surface area (Å²) in [4.78, 5) is 0. The molecule has 0 saturated carbocycles. The molecule has 22 rings (SSSR count). The van der Waals surface area contributed by atoms with E-state index in [0.717, 1.165) is 204 Å². The first kappa shape index (κ1) is 75.3. The first-order valence-corrected chi connectivity index (χ1v) is 42.6. The lowest BCUT2D eigenvalue weighted by molar-refractivity contribution is 1.12. The predicted octanol–water partition coefficient (Wildman–Crippen LogP) is 30.4. The second kappa shape index (κ2) is 30.1. The van der Waals surface area contributed by atoms with E-state index in [1.165, 1.54) is 22.3 Å². The van der Waals surface area contributed by atoms with Crippen molar-refractivity contribution in [1.29, 1.82) is 21.0 Å². The van der Waals surface area contributed by atoms with Gasteiger partial charge in [0.15, 0.2) is 0 Å². The number of aryl methyl sites for hydroxylation is 6. The van der Waals surface area contributed by atoms with Crippen LogP contribution in [0.2, 0.25) is 0 Å². The zero-order chi connectivity index (χ0) is 85.3. The highest BCUT2D eigenvalue weighted by atomic mass is 15.0. The molecule has 8 heteroatoms. The number of rotatable bonds is 13. The smallest absolute Gasteiger partial charge is 0.104 e. The zero-order valence-electron chi connectivity index (χ0n) is 70.2. The van der Waals surface area contributed by atoms with Crippen LogP contribution in [-0.4, -0.2) is 18.3 Å². The maximum atomic E-state index is 12.4. The van der Waals surface area contributed by atoms with Gasteiger partial charge in [-0.25, -0.2) is 0 Å². The summed E-state index contributed by atoms with van der Waals surface area (Å²) in [6.07, 6.45) is 0. The van der Waals surface area contributed by atoms with Crippen molar-refractivity contribution >= 4 is 87.2 Å². The van der Waals surface area contributed by atoms with E-state index in [9.17, 15) is 21.0 Å². The minimum Gasteiger partial charge on any atom is -0.308 e. The molecule has 18 aromatic carbocycles. The molecule has 0 radical (unpaired) electrons. The van der Waals surface area contributed by atoms with E-state index in [2.05, 4.69) is 400 Å². The standard InChI is InChI=1S/C118H78N8/c1-71-29-33-79(34-30-71)89-38-45-97-96-25-7-8-27-106(96)126(114(97)65-89)118-95(92-24-13-19-78(60-92)68-120)48-54-112(105(118)70-122)124-113-28-14-26-98(116(113)99-46-39-90(66-115(99)124)80-35-31-72(2)32-36-80)93-44-37-84(58-76(93)6)88-43-52-110-103(64-88)102-63-87(83-22-11-17-75(5)57-83)42-51-109(102)125(110)117-94(91-23-12-18-77(59-91)67-119)47-53-111(104(117)69-121)123-107-49-40-85(81-20-9-15-73(3)55-81)61-100(107)101-62-86(41-50-108(101)123)82-21-10-16-74(4)56-82/h7-66H,1-6H3. The Morgan fingerprint density at radius 1 is 0.190 bits per heavy atom. The maximum absolute atomic E-state index is 12.4. The normalized spacial score (nSPS) is 11.5. The molecule has 0 aliphatic rings. The van der Waals surface area contributed by atoms with Crippen molar-refractivity contribution in [2.45, 2.75) is 41.5 Å².